The summed E-state index contributed by atoms with van der Waals surface area (Å²) >= 11 is 1.21. The second-order valence-corrected chi connectivity index (χ2v) is 11.3. The lowest BCUT2D eigenvalue weighted by molar-refractivity contribution is -0.139. The maximum Gasteiger partial charge on any atom is 0.338 e. The average molecular weight is 632 g/mol. The molecule has 1 aliphatic rings. The molecule has 1 atom stereocenters. The average Bonchev–Trinajstić information content (AvgIpc) is 3.48. The lowest BCUT2D eigenvalue weighted by atomic mass is 9.95. The summed E-state index contributed by atoms with van der Waals surface area (Å²) < 4.78 is 25.9. The van der Waals surface area contributed by atoms with Crippen LogP contribution >= 0.6 is 11.3 Å². The van der Waals surface area contributed by atoms with Gasteiger partial charge in [-0.15, -0.1) is 0 Å². The Labute approximate surface area is 262 Å². The molecular weight excluding hydrogens is 598 g/mol. The van der Waals surface area contributed by atoms with Crippen LogP contribution in [0.25, 0.3) is 11.8 Å². The van der Waals surface area contributed by atoms with Gasteiger partial charge in [-0.1, -0.05) is 17.4 Å². The predicted molar refractivity (Wildman–Crippen MR) is 169 cm³/mol. The van der Waals surface area contributed by atoms with E-state index in [-0.39, 0.29) is 23.3 Å². The van der Waals surface area contributed by atoms with Crippen LogP contribution in [0.5, 0.6) is 17.2 Å². The molecule has 0 fully saturated rings. The highest BCUT2D eigenvalue weighted by atomic mass is 32.1. The van der Waals surface area contributed by atoms with E-state index < -0.39 is 18.0 Å². The first-order valence-corrected chi connectivity index (χ1v) is 14.9. The van der Waals surface area contributed by atoms with E-state index in [4.69, 9.17) is 18.9 Å². The van der Waals surface area contributed by atoms with Crippen molar-refractivity contribution in [2.75, 3.05) is 27.9 Å². The number of ether oxygens (including phenoxy) is 4. The number of carboxylic acid groups (broad SMARTS) is 1. The Morgan fingerprint density at radius 2 is 1.71 bits per heavy atom. The zero-order valence-electron chi connectivity index (χ0n) is 26.0. The summed E-state index contributed by atoms with van der Waals surface area (Å²) in [5.41, 5.74) is 4.20. The minimum absolute atomic E-state index is 0.146. The largest absolute Gasteiger partial charge is 0.493 e. The third-order valence-corrected chi connectivity index (χ3v) is 8.61. The number of esters is 1. The second-order valence-electron chi connectivity index (χ2n) is 10.3. The molecule has 0 saturated carbocycles. The summed E-state index contributed by atoms with van der Waals surface area (Å²) in [7, 11) is 4.49. The Morgan fingerprint density at radius 1 is 1.02 bits per heavy atom. The molecule has 234 valence electrons. The fraction of sp³-hybridized carbons (Fsp3) is 0.273. The van der Waals surface area contributed by atoms with Crippen molar-refractivity contribution in [1.82, 2.24) is 9.13 Å². The van der Waals surface area contributed by atoms with Gasteiger partial charge >= 0.3 is 11.9 Å². The third kappa shape index (κ3) is 5.53. The van der Waals surface area contributed by atoms with Gasteiger partial charge in [0.15, 0.2) is 16.3 Å². The number of aromatic carboxylic acids is 1. The number of thiazole rings is 1. The molecular formula is C33H33N3O8S. The minimum Gasteiger partial charge on any atom is -0.493 e. The van der Waals surface area contributed by atoms with Gasteiger partial charge in [-0.3, -0.25) is 9.36 Å². The summed E-state index contributed by atoms with van der Waals surface area (Å²) in [5, 5.41) is 9.48. The number of benzene rings is 2. The molecule has 2 aromatic carbocycles. The number of allylic oxidation sites excluding steroid dienone is 1. The Kier molecular flexibility index (Phi) is 8.69. The van der Waals surface area contributed by atoms with Crippen LogP contribution in [-0.2, 0) is 9.53 Å². The van der Waals surface area contributed by atoms with Crippen LogP contribution < -0.4 is 29.1 Å². The van der Waals surface area contributed by atoms with Gasteiger partial charge in [0.2, 0.25) is 5.75 Å². The fourth-order valence-corrected chi connectivity index (χ4v) is 6.65. The van der Waals surface area contributed by atoms with Crippen LogP contribution in [0.3, 0.4) is 0 Å². The number of carbonyl (C=O) groups excluding carboxylic acids is 1. The Hall–Kier alpha value is -5.10. The number of aromatic nitrogens is 2. The molecule has 3 heterocycles. The van der Waals surface area contributed by atoms with E-state index in [0.29, 0.717) is 43.5 Å². The molecule has 11 nitrogen and oxygen atoms in total. The molecule has 4 aromatic rings. The number of hydrogen-bond donors (Lipinski definition) is 1. The zero-order chi connectivity index (χ0) is 32.6. The molecule has 0 aliphatic carbocycles. The maximum absolute atomic E-state index is 14.2. The summed E-state index contributed by atoms with van der Waals surface area (Å²) in [5.74, 6) is -0.491. The maximum atomic E-state index is 14.2. The number of carboxylic acids is 1. The van der Waals surface area contributed by atoms with E-state index in [9.17, 15) is 19.5 Å². The first-order valence-electron chi connectivity index (χ1n) is 14.1. The van der Waals surface area contributed by atoms with Crippen molar-refractivity contribution < 1.29 is 33.6 Å². The SMILES string of the molecule is CCOC(=O)C1=C(C)N=c2s/c(=C\c3cc(C)n(-c4cccc(C(=O)O)c4)c3C)c(=O)n2[C@@H]1c1cc(OC)c(OC)c(OC)c1. The molecule has 0 saturated heterocycles. The Balaban J connectivity index is 1.73. The molecule has 0 amide bonds. The second kappa shape index (κ2) is 12.5. The number of hydrogen-bond acceptors (Lipinski definition) is 9. The van der Waals surface area contributed by atoms with Gasteiger partial charge in [0.05, 0.1) is 55.3 Å². The van der Waals surface area contributed by atoms with Crippen LogP contribution in [0, 0.1) is 13.8 Å². The summed E-state index contributed by atoms with van der Waals surface area (Å²) in [4.78, 5) is 44.2. The fourth-order valence-electron chi connectivity index (χ4n) is 5.62. The molecule has 0 radical (unpaired) electrons. The zero-order valence-corrected chi connectivity index (χ0v) is 26.8. The predicted octanol–water partition coefficient (Wildman–Crippen LogP) is 3.93. The summed E-state index contributed by atoms with van der Waals surface area (Å²) in [6, 6.07) is 11.1. The molecule has 5 rings (SSSR count). The van der Waals surface area contributed by atoms with Crippen LogP contribution in [-0.4, -0.2) is 54.1 Å². The van der Waals surface area contributed by atoms with Crippen molar-refractivity contribution in [1.29, 1.82) is 0 Å². The van der Waals surface area contributed by atoms with Crippen molar-refractivity contribution in [3.05, 3.63) is 102 Å². The number of aryl methyl sites for hydroxylation is 1. The topological polar surface area (TPSA) is 131 Å². The van der Waals surface area contributed by atoms with E-state index in [1.807, 2.05) is 30.5 Å². The van der Waals surface area contributed by atoms with Gasteiger partial charge in [0, 0.05) is 17.1 Å². The van der Waals surface area contributed by atoms with Crippen LogP contribution in [0.15, 0.2) is 63.5 Å². The molecule has 0 spiro atoms. The molecule has 45 heavy (non-hydrogen) atoms. The van der Waals surface area contributed by atoms with Crippen LogP contribution in [0.2, 0.25) is 0 Å². The van der Waals surface area contributed by atoms with Gasteiger partial charge < -0.3 is 28.6 Å². The van der Waals surface area contributed by atoms with E-state index in [1.54, 1.807) is 50.3 Å². The van der Waals surface area contributed by atoms with Gasteiger partial charge in [-0.05, 0) is 81.3 Å². The van der Waals surface area contributed by atoms with E-state index >= 15 is 0 Å². The van der Waals surface area contributed by atoms with E-state index in [1.165, 1.54) is 37.2 Å². The van der Waals surface area contributed by atoms with Crippen molar-refractivity contribution in [3.63, 3.8) is 0 Å². The quantitative estimate of drug-likeness (QED) is 0.275. The molecule has 0 unspecified atom stereocenters. The van der Waals surface area contributed by atoms with Crippen LogP contribution in [0.1, 0.15) is 52.8 Å². The van der Waals surface area contributed by atoms with E-state index in [0.717, 1.165) is 17.0 Å². The van der Waals surface area contributed by atoms with Gasteiger partial charge in [-0.25, -0.2) is 14.6 Å². The standard InChI is InChI=1S/C33H33N3O8S/c1-8-44-32(40)27-18(3)34-33-36(28(27)22-14-24(41-5)29(43-7)25(15-22)42-6)30(37)26(45-33)16-21-12-17(2)35(19(21)4)23-11-9-10-20(13-23)31(38)39/h9-16,28H,8H2,1-7H3,(H,38,39)/b26-16-/t28-/m1/s1. The lowest BCUT2D eigenvalue weighted by Crippen LogP contribution is -2.40. The van der Waals surface area contributed by atoms with Crippen LogP contribution in [0.4, 0.5) is 0 Å². The number of nitrogens with zero attached hydrogens (tertiary/aromatic N) is 3. The first-order chi connectivity index (χ1) is 21.5. The highest BCUT2D eigenvalue weighted by Gasteiger charge is 2.34. The normalized spacial score (nSPS) is 14.6. The monoisotopic (exact) mass is 631 g/mol. The first kappa shape index (κ1) is 31.3. The molecule has 12 heteroatoms. The molecule has 1 N–H and O–H groups in total. The van der Waals surface area contributed by atoms with Gasteiger partial charge in [0.1, 0.15) is 0 Å². The smallest absolute Gasteiger partial charge is 0.338 e. The van der Waals surface area contributed by atoms with Crippen molar-refractivity contribution in [3.8, 4) is 22.9 Å². The van der Waals surface area contributed by atoms with Gasteiger partial charge in [0.25, 0.3) is 5.56 Å². The van der Waals surface area contributed by atoms with Gasteiger partial charge in [-0.2, -0.15) is 0 Å². The highest BCUT2D eigenvalue weighted by Crippen LogP contribution is 2.42. The Morgan fingerprint density at radius 3 is 2.31 bits per heavy atom. The summed E-state index contributed by atoms with van der Waals surface area (Å²) in [6.45, 7) is 7.40. The Bertz CT molecular complexity index is 2020. The molecule has 2 aromatic heterocycles. The van der Waals surface area contributed by atoms with Crippen molar-refractivity contribution in [2.24, 2.45) is 4.99 Å². The number of fused-ring (bicyclic) bond motifs is 1. The molecule has 1 aliphatic heterocycles. The lowest BCUT2D eigenvalue weighted by Gasteiger charge is -2.26. The highest BCUT2D eigenvalue weighted by molar-refractivity contribution is 7.07. The minimum atomic E-state index is -1.01. The number of carbonyl (C=O) groups is 2. The third-order valence-electron chi connectivity index (χ3n) is 7.63. The van der Waals surface area contributed by atoms with Crippen molar-refractivity contribution in [2.45, 2.75) is 33.7 Å². The van der Waals surface area contributed by atoms with E-state index in [2.05, 4.69) is 4.99 Å². The number of methoxy groups -OCH3 is 3. The molecule has 0 bridgehead atoms. The summed E-state index contributed by atoms with van der Waals surface area (Å²) in [6.07, 6.45) is 1.79. The number of rotatable bonds is 9. The van der Waals surface area contributed by atoms with Crippen molar-refractivity contribution >= 4 is 29.4 Å².